The molecule has 1 saturated carbocycles. The van der Waals surface area contributed by atoms with Gasteiger partial charge < -0.3 is 5.32 Å². The van der Waals surface area contributed by atoms with E-state index in [0.717, 1.165) is 25.7 Å². The Hall–Kier alpha value is -0.170. The van der Waals surface area contributed by atoms with Crippen molar-refractivity contribution in [2.24, 2.45) is 0 Å². The predicted octanol–water partition coefficient (Wildman–Crippen LogP) is -0.0816. The lowest BCUT2D eigenvalue weighted by Crippen LogP contribution is -2.49. The molecule has 0 amide bonds. The van der Waals surface area contributed by atoms with Crippen LogP contribution in [0.3, 0.4) is 0 Å². The van der Waals surface area contributed by atoms with Crippen LogP contribution in [-0.2, 0) is 10.2 Å². The topological polar surface area (TPSA) is 70.2 Å². The fourth-order valence-electron chi connectivity index (χ4n) is 1.59. The van der Waals surface area contributed by atoms with Gasteiger partial charge in [-0.25, -0.2) is 0 Å². The van der Waals surface area contributed by atoms with E-state index >= 15 is 0 Å². The van der Waals surface area contributed by atoms with Gasteiger partial charge >= 0.3 is 0 Å². The van der Waals surface area contributed by atoms with Crippen molar-refractivity contribution >= 4 is 10.2 Å². The van der Waals surface area contributed by atoms with Crippen molar-refractivity contribution in [3.63, 3.8) is 0 Å². The maximum atomic E-state index is 11.5. The first-order valence-electron chi connectivity index (χ1n) is 5.00. The molecule has 3 N–H and O–H groups in total. The number of nitrogens with one attached hydrogen (secondary N) is 3. The highest BCUT2D eigenvalue weighted by atomic mass is 32.2. The van der Waals surface area contributed by atoms with E-state index in [2.05, 4.69) is 14.8 Å². The Kier molecular flexibility index (Phi) is 4.31. The monoisotopic (exact) mass is 221 g/mol. The zero-order chi connectivity index (χ0) is 10.6. The standard InChI is InChI=1S/C8H19N3O2S/c1-7(9-2)10-14(12,13)11-8-5-3-4-6-8/h7-11H,3-6H2,1-2H3. The third kappa shape index (κ3) is 3.91. The van der Waals surface area contributed by atoms with Gasteiger partial charge in [0.2, 0.25) is 0 Å². The third-order valence-electron chi connectivity index (χ3n) is 2.44. The molecular weight excluding hydrogens is 202 g/mol. The van der Waals surface area contributed by atoms with Gasteiger partial charge in [0.05, 0.1) is 6.17 Å². The molecule has 0 radical (unpaired) electrons. The Morgan fingerprint density at radius 3 is 2.36 bits per heavy atom. The van der Waals surface area contributed by atoms with Crippen LogP contribution in [0, 0.1) is 0 Å². The van der Waals surface area contributed by atoms with Crippen LogP contribution in [0.25, 0.3) is 0 Å². The molecule has 14 heavy (non-hydrogen) atoms. The van der Waals surface area contributed by atoms with E-state index in [1.807, 2.05) is 0 Å². The van der Waals surface area contributed by atoms with Crippen LogP contribution in [0.2, 0.25) is 0 Å². The zero-order valence-corrected chi connectivity index (χ0v) is 9.52. The first-order valence-corrected chi connectivity index (χ1v) is 6.48. The smallest absolute Gasteiger partial charge is 0.278 e. The summed E-state index contributed by atoms with van der Waals surface area (Å²) in [6, 6.07) is 0.122. The molecule has 6 heteroatoms. The fraction of sp³-hybridized carbons (Fsp3) is 1.00. The SMILES string of the molecule is CNC(C)NS(=O)(=O)NC1CCCC1. The highest BCUT2D eigenvalue weighted by Crippen LogP contribution is 2.17. The van der Waals surface area contributed by atoms with Gasteiger partial charge in [0, 0.05) is 6.04 Å². The average molecular weight is 221 g/mol. The van der Waals surface area contributed by atoms with Gasteiger partial charge in [-0.2, -0.15) is 17.9 Å². The van der Waals surface area contributed by atoms with Gasteiger partial charge in [-0.1, -0.05) is 12.8 Å². The number of hydrogen-bond donors (Lipinski definition) is 3. The molecule has 1 atom stereocenters. The molecule has 0 aromatic heterocycles. The fourth-order valence-corrected chi connectivity index (χ4v) is 2.91. The minimum absolute atomic E-state index is 0.122. The Morgan fingerprint density at radius 2 is 1.86 bits per heavy atom. The molecule has 0 bridgehead atoms. The molecule has 0 aliphatic heterocycles. The molecule has 1 unspecified atom stereocenters. The molecule has 5 nitrogen and oxygen atoms in total. The van der Waals surface area contributed by atoms with E-state index in [1.165, 1.54) is 0 Å². The molecule has 1 aliphatic carbocycles. The number of hydrogen-bond acceptors (Lipinski definition) is 3. The molecule has 1 fully saturated rings. The second-order valence-corrected chi connectivity index (χ2v) is 5.21. The van der Waals surface area contributed by atoms with E-state index in [1.54, 1.807) is 14.0 Å². The van der Waals surface area contributed by atoms with E-state index in [0.29, 0.717) is 0 Å². The van der Waals surface area contributed by atoms with Gasteiger partial charge in [0.25, 0.3) is 10.2 Å². The summed E-state index contributed by atoms with van der Waals surface area (Å²) in [5, 5.41) is 2.82. The number of rotatable bonds is 5. The average Bonchev–Trinajstić information content (AvgIpc) is 2.54. The molecule has 0 heterocycles. The van der Waals surface area contributed by atoms with Gasteiger partial charge in [0.15, 0.2) is 0 Å². The van der Waals surface area contributed by atoms with Crippen LogP contribution in [0.1, 0.15) is 32.6 Å². The summed E-state index contributed by atoms with van der Waals surface area (Å²) >= 11 is 0. The first-order chi connectivity index (χ1) is 6.53. The summed E-state index contributed by atoms with van der Waals surface area (Å²) in [4.78, 5) is 0. The molecule has 0 aromatic carbocycles. The Bertz CT molecular complexity index is 260. The maximum Gasteiger partial charge on any atom is 0.278 e. The summed E-state index contributed by atoms with van der Waals surface area (Å²) < 4.78 is 28.1. The second-order valence-electron chi connectivity index (χ2n) is 3.73. The lowest BCUT2D eigenvalue weighted by Gasteiger charge is -2.16. The minimum Gasteiger partial charge on any atom is -0.304 e. The van der Waals surface area contributed by atoms with E-state index in [9.17, 15) is 8.42 Å². The van der Waals surface area contributed by atoms with Crippen molar-refractivity contribution < 1.29 is 8.42 Å². The molecule has 1 aliphatic rings. The molecule has 0 aromatic rings. The highest BCUT2D eigenvalue weighted by Gasteiger charge is 2.21. The second kappa shape index (κ2) is 5.06. The van der Waals surface area contributed by atoms with E-state index in [4.69, 9.17) is 0 Å². The summed E-state index contributed by atoms with van der Waals surface area (Å²) in [5.41, 5.74) is 0. The third-order valence-corrected chi connectivity index (χ3v) is 3.75. The van der Waals surface area contributed by atoms with Crippen LogP contribution in [0.15, 0.2) is 0 Å². The van der Waals surface area contributed by atoms with Crippen LogP contribution in [0.4, 0.5) is 0 Å². The van der Waals surface area contributed by atoms with E-state index in [-0.39, 0.29) is 12.2 Å². The van der Waals surface area contributed by atoms with Crippen molar-refractivity contribution in [1.29, 1.82) is 0 Å². The van der Waals surface area contributed by atoms with Crippen LogP contribution < -0.4 is 14.8 Å². The highest BCUT2D eigenvalue weighted by molar-refractivity contribution is 7.87. The summed E-state index contributed by atoms with van der Waals surface area (Å²) in [5.74, 6) is 0. The largest absolute Gasteiger partial charge is 0.304 e. The zero-order valence-electron chi connectivity index (χ0n) is 8.71. The van der Waals surface area contributed by atoms with Crippen molar-refractivity contribution in [2.75, 3.05) is 7.05 Å². The van der Waals surface area contributed by atoms with Crippen molar-refractivity contribution in [3.8, 4) is 0 Å². The first kappa shape index (κ1) is 11.9. The maximum absolute atomic E-state index is 11.5. The van der Waals surface area contributed by atoms with Crippen LogP contribution >= 0.6 is 0 Å². The normalized spacial score (nSPS) is 21.3. The lowest BCUT2D eigenvalue weighted by molar-refractivity contribution is 0.506. The van der Waals surface area contributed by atoms with Crippen LogP contribution in [-0.4, -0.2) is 27.7 Å². The summed E-state index contributed by atoms with van der Waals surface area (Å²) in [6.45, 7) is 1.76. The minimum atomic E-state index is -3.34. The summed E-state index contributed by atoms with van der Waals surface area (Å²) in [7, 11) is -1.63. The molecule has 84 valence electrons. The Morgan fingerprint density at radius 1 is 1.29 bits per heavy atom. The van der Waals surface area contributed by atoms with Gasteiger partial charge in [-0.15, -0.1) is 0 Å². The molecule has 0 saturated heterocycles. The van der Waals surface area contributed by atoms with Gasteiger partial charge in [-0.05, 0) is 26.8 Å². The van der Waals surface area contributed by atoms with Crippen molar-refractivity contribution in [3.05, 3.63) is 0 Å². The predicted molar refractivity (Wildman–Crippen MR) is 56.0 cm³/mol. The van der Waals surface area contributed by atoms with Crippen molar-refractivity contribution in [2.45, 2.75) is 44.8 Å². The van der Waals surface area contributed by atoms with Gasteiger partial charge in [-0.3, -0.25) is 0 Å². The summed E-state index contributed by atoms with van der Waals surface area (Å²) in [6.07, 6.45) is 3.90. The molecule has 1 rings (SSSR count). The lowest BCUT2D eigenvalue weighted by atomic mass is 10.3. The molecular formula is C8H19N3O2S. The van der Waals surface area contributed by atoms with E-state index < -0.39 is 10.2 Å². The van der Waals surface area contributed by atoms with Gasteiger partial charge in [0.1, 0.15) is 0 Å². The quantitative estimate of drug-likeness (QED) is 0.569. The van der Waals surface area contributed by atoms with Crippen molar-refractivity contribution in [1.82, 2.24) is 14.8 Å². The Labute approximate surface area is 85.8 Å². The van der Waals surface area contributed by atoms with Crippen LogP contribution in [0.5, 0.6) is 0 Å². The Balaban J connectivity index is 2.40. The molecule has 0 spiro atoms.